The molecule has 3 nitrogen and oxygen atoms in total. The lowest BCUT2D eigenvalue weighted by Gasteiger charge is -2.17. The van der Waals surface area contributed by atoms with E-state index in [0.717, 1.165) is 11.3 Å². The van der Waals surface area contributed by atoms with E-state index in [1.807, 2.05) is 0 Å². The molecule has 0 bridgehead atoms. The van der Waals surface area contributed by atoms with Crippen LogP contribution in [0.4, 0.5) is 11.5 Å². The first kappa shape index (κ1) is 13.1. The van der Waals surface area contributed by atoms with Gasteiger partial charge in [-0.05, 0) is 36.1 Å². The fourth-order valence-corrected chi connectivity index (χ4v) is 2.06. The number of nitriles is 1. The average molecular weight is 251 g/mol. The lowest BCUT2D eigenvalue weighted by molar-refractivity contribution is 0.867. The van der Waals surface area contributed by atoms with Crippen LogP contribution in [0, 0.1) is 18.3 Å². The first-order chi connectivity index (χ1) is 9.13. The zero-order chi connectivity index (χ0) is 13.8. The summed E-state index contributed by atoms with van der Waals surface area (Å²) in [7, 11) is 0. The van der Waals surface area contributed by atoms with E-state index in [9.17, 15) is 0 Å². The zero-order valence-electron chi connectivity index (χ0n) is 11.4. The van der Waals surface area contributed by atoms with Crippen LogP contribution in [-0.2, 0) is 0 Å². The largest absolute Gasteiger partial charge is 0.339 e. The molecule has 0 aliphatic carbocycles. The summed E-state index contributed by atoms with van der Waals surface area (Å²) in [6.07, 6.45) is 1.69. The van der Waals surface area contributed by atoms with Gasteiger partial charge >= 0.3 is 0 Å². The predicted molar refractivity (Wildman–Crippen MR) is 77.5 cm³/mol. The number of para-hydroxylation sites is 1. The first-order valence-corrected chi connectivity index (χ1v) is 6.35. The van der Waals surface area contributed by atoms with Gasteiger partial charge in [-0.15, -0.1) is 0 Å². The molecule has 1 aromatic carbocycles. The zero-order valence-corrected chi connectivity index (χ0v) is 11.4. The highest BCUT2D eigenvalue weighted by molar-refractivity contribution is 5.68. The molecular weight excluding hydrogens is 234 g/mol. The fourth-order valence-electron chi connectivity index (χ4n) is 2.06. The Balaban J connectivity index is 2.47. The second-order valence-corrected chi connectivity index (χ2v) is 4.83. The molecule has 0 aliphatic heterocycles. The molecule has 0 aliphatic rings. The highest BCUT2D eigenvalue weighted by Crippen LogP contribution is 2.30. The number of nitrogens with one attached hydrogen (secondary N) is 1. The van der Waals surface area contributed by atoms with Gasteiger partial charge in [-0.25, -0.2) is 4.98 Å². The van der Waals surface area contributed by atoms with Gasteiger partial charge in [0.05, 0.1) is 5.56 Å². The molecule has 1 N–H and O–H groups in total. The Hall–Kier alpha value is -2.34. The van der Waals surface area contributed by atoms with Crippen molar-refractivity contribution in [2.45, 2.75) is 26.7 Å². The number of rotatable bonds is 3. The maximum atomic E-state index is 9.11. The van der Waals surface area contributed by atoms with E-state index in [0.29, 0.717) is 17.3 Å². The number of pyridine rings is 1. The van der Waals surface area contributed by atoms with Crippen molar-refractivity contribution in [1.29, 1.82) is 5.26 Å². The van der Waals surface area contributed by atoms with Crippen molar-refractivity contribution in [3.63, 3.8) is 0 Å². The third-order valence-electron chi connectivity index (χ3n) is 3.10. The molecule has 0 amide bonds. The third kappa shape index (κ3) is 2.74. The van der Waals surface area contributed by atoms with Crippen LogP contribution in [-0.4, -0.2) is 4.98 Å². The molecule has 1 aromatic heterocycles. The SMILES string of the molecule is Cc1cccc(C(C)C)c1Nc1ncccc1C#N. The number of anilines is 2. The Morgan fingerprint density at radius 3 is 2.68 bits per heavy atom. The summed E-state index contributed by atoms with van der Waals surface area (Å²) >= 11 is 0. The van der Waals surface area contributed by atoms with Gasteiger partial charge < -0.3 is 5.32 Å². The minimum absolute atomic E-state index is 0.414. The van der Waals surface area contributed by atoms with Gasteiger partial charge in [-0.1, -0.05) is 32.0 Å². The Bertz CT molecular complexity index is 624. The lowest BCUT2D eigenvalue weighted by Crippen LogP contribution is -2.03. The number of nitrogens with zero attached hydrogens (tertiary/aromatic N) is 2. The molecule has 0 saturated carbocycles. The van der Waals surface area contributed by atoms with E-state index >= 15 is 0 Å². The van der Waals surface area contributed by atoms with Crippen molar-refractivity contribution in [2.75, 3.05) is 5.32 Å². The molecule has 19 heavy (non-hydrogen) atoms. The standard InChI is InChI=1S/C16H17N3/c1-11(2)14-8-4-6-12(3)15(14)19-16-13(10-17)7-5-9-18-16/h4-9,11H,1-3H3,(H,18,19). The second-order valence-electron chi connectivity index (χ2n) is 4.83. The summed E-state index contributed by atoms with van der Waals surface area (Å²) in [5.74, 6) is 1.03. The quantitative estimate of drug-likeness (QED) is 0.892. The monoisotopic (exact) mass is 251 g/mol. The van der Waals surface area contributed by atoms with Crippen LogP contribution in [0.25, 0.3) is 0 Å². The summed E-state index contributed by atoms with van der Waals surface area (Å²) in [4.78, 5) is 4.25. The van der Waals surface area contributed by atoms with Crippen LogP contribution in [0.3, 0.4) is 0 Å². The number of aryl methyl sites for hydroxylation is 1. The Morgan fingerprint density at radius 1 is 1.21 bits per heavy atom. The molecular formula is C16H17N3. The van der Waals surface area contributed by atoms with Crippen molar-refractivity contribution < 1.29 is 0 Å². The van der Waals surface area contributed by atoms with E-state index in [-0.39, 0.29) is 0 Å². The molecule has 2 rings (SSSR count). The van der Waals surface area contributed by atoms with Crippen molar-refractivity contribution in [1.82, 2.24) is 4.98 Å². The van der Waals surface area contributed by atoms with Crippen LogP contribution < -0.4 is 5.32 Å². The molecule has 0 spiro atoms. The van der Waals surface area contributed by atoms with Crippen LogP contribution in [0.5, 0.6) is 0 Å². The molecule has 1 heterocycles. The second kappa shape index (κ2) is 5.53. The molecule has 0 unspecified atom stereocenters. The van der Waals surface area contributed by atoms with Gasteiger partial charge in [0.15, 0.2) is 0 Å². The van der Waals surface area contributed by atoms with E-state index in [1.54, 1.807) is 18.3 Å². The highest BCUT2D eigenvalue weighted by Gasteiger charge is 2.11. The molecule has 3 heteroatoms. The van der Waals surface area contributed by atoms with Gasteiger partial charge in [-0.2, -0.15) is 5.26 Å². The average Bonchev–Trinajstić information content (AvgIpc) is 2.41. The smallest absolute Gasteiger partial charge is 0.148 e. The summed E-state index contributed by atoms with van der Waals surface area (Å²) in [5, 5.41) is 12.4. The number of benzene rings is 1. The van der Waals surface area contributed by atoms with Crippen molar-refractivity contribution in [2.24, 2.45) is 0 Å². The third-order valence-corrected chi connectivity index (χ3v) is 3.10. The van der Waals surface area contributed by atoms with Gasteiger partial charge in [-0.3, -0.25) is 0 Å². The lowest BCUT2D eigenvalue weighted by atomic mass is 9.98. The minimum atomic E-state index is 0.414. The van der Waals surface area contributed by atoms with E-state index in [2.05, 4.69) is 55.3 Å². The van der Waals surface area contributed by atoms with Gasteiger partial charge in [0.25, 0.3) is 0 Å². The van der Waals surface area contributed by atoms with Gasteiger partial charge in [0.2, 0.25) is 0 Å². The topological polar surface area (TPSA) is 48.7 Å². The molecule has 0 radical (unpaired) electrons. The fraction of sp³-hybridized carbons (Fsp3) is 0.250. The molecule has 0 atom stereocenters. The first-order valence-electron chi connectivity index (χ1n) is 6.35. The molecule has 96 valence electrons. The van der Waals surface area contributed by atoms with Gasteiger partial charge in [0.1, 0.15) is 11.9 Å². The Labute approximate surface area is 113 Å². The molecule has 0 saturated heterocycles. The summed E-state index contributed by atoms with van der Waals surface area (Å²) in [6, 6.07) is 11.9. The number of aromatic nitrogens is 1. The number of hydrogen-bond acceptors (Lipinski definition) is 3. The molecule has 2 aromatic rings. The van der Waals surface area contributed by atoms with Crippen LogP contribution >= 0.6 is 0 Å². The van der Waals surface area contributed by atoms with Crippen molar-refractivity contribution in [3.8, 4) is 6.07 Å². The van der Waals surface area contributed by atoms with E-state index in [1.165, 1.54) is 5.56 Å². The van der Waals surface area contributed by atoms with Crippen LogP contribution in [0.15, 0.2) is 36.5 Å². The summed E-state index contributed by atoms with van der Waals surface area (Å²) < 4.78 is 0. The van der Waals surface area contributed by atoms with E-state index < -0.39 is 0 Å². The van der Waals surface area contributed by atoms with E-state index in [4.69, 9.17) is 5.26 Å². The van der Waals surface area contributed by atoms with Crippen LogP contribution in [0.1, 0.15) is 36.5 Å². The highest BCUT2D eigenvalue weighted by atomic mass is 15.0. The molecule has 0 fully saturated rings. The van der Waals surface area contributed by atoms with Crippen LogP contribution in [0.2, 0.25) is 0 Å². The predicted octanol–water partition coefficient (Wildman–Crippen LogP) is 4.13. The van der Waals surface area contributed by atoms with Crippen molar-refractivity contribution >= 4 is 11.5 Å². The van der Waals surface area contributed by atoms with Crippen molar-refractivity contribution in [3.05, 3.63) is 53.2 Å². The Kier molecular flexibility index (Phi) is 3.82. The summed E-state index contributed by atoms with van der Waals surface area (Å²) in [5.41, 5.74) is 3.99. The Morgan fingerprint density at radius 2 is 2.00 bits per heavy atom. The minimum Gasteiger partial charge on any atom is -0.339 e. The number of hydrogen-bond donors (Lipinski definition) is 1. The van der Waals surface area contributed by atoms with Gasteiger partial charge in [0, 0.05) is 11.9 Å². The maximum Gasteiger partial charge on any atom is 0.148 e. The summed E-state index contributed by atoms with van der Waals surface area (Å²) in [6.45, 7) is 6.37. The maximum absolute atomic E-state index is 9.11. The normalized spacial score (nSPS) is 10.3.